The molecule has 0 unspecified atom stereocenters. The molecule has 2 aromatic carbocycles. The number of halogens is 1. The minimum atomic E-state index is -0.674. The van der Waals surface area contributed by atoms with E-state index in [-0.39, 0.29) is 40.0 Å². The number of fused-ring (bicyclic) bond motifs is 1. The van der Waals surface area contributed by atoms with Gasteiger partial charge in [-0.25, -0.2) is 4.39 Å². The van der Waals surface area contributed by atoms with Crippen LogP contribution in [-0.4, -0.2) is 4.98 Å². The van der Waals surface area contributed by atoms with Gasteiger partial charge in [0.05, 0.1) is 16.7 Å². The van der Waals surface area contributed by atoms with Gasteiger partial charge in [0.1, 0.15) is 5.82 Å². The average Bonchev–Trinajstić information content (AvgIpc) is 3.83. The number of hydrogen-bond donors (Lipinski definition) is 1. The van der Waals surface area contributed by atoms with E-state index < -0.39 is 5.54 Å². The number of rotatable bonds is 5. The molecule has 0 saturated heterocycles. The molecule has 4 saturated carbocycles. The van der Waals surface area contributed by atoms with E-state index in [1.54, 1.807) is 6.20 Å². The predicted octanol–water partition coefficient (Wildman–Crippen LogP) is 7.53. The second kappa shape index (κ2) is 17.7. The van der Waals surface area contributed by atoms with Gasteiger partial charge in [-0.3, -0.25) is 4.98 Å². The van der Waals surface area contributed by atoms with Crippen LogP contribution in [0.1, 0.15) is 5.56 Å². The molecule has 1 N–H and O–H groups in total. The summed E-state index contributed by atoms with van der Waals surface area (Å²) in [5, 5.41) is 4.86. The molecule has 2 nitrogen and oxygen atoms in total. The van der Waals surface area contributed by atoms with Crippen LogP contribution in [0.25, 0.3) is 10.9 Å². The number of aromatic nitrogens is 1. The van der Waals surface area contributed by atoms with Crippen LogP contribution in [0.15, 0.2) is 60.8 Å². The Morgan fingerprint density at radius 1 is 0.537 bits per heavy atom. The summed E-state index contributed by atoms with van der Waals surface area (Å²) in [4.78, 5) is 4.61. The standard InChI is InChI=1S/C26H19FN2.2C5H5.2Fe/c27-23-16-14-22(15-17-23)26(20-9-1-2-10-20,21-11-3-4-12-21)29-24-13-5-7-19-8-6-18-28-25(19)24;2*1-2-4-5-3-1;;/h1-18,29H;2*1-5H;;/q;;;2*+2. The SMILES string of the molecule is Fc1ccc(C(Nc2cccc3cccnc23)([C]2[CH][CH][CH][CH]2)[C]2[CH][CH][CH][CH]2)cc1.[CH]1[CH][CH][CH][CH]1.[CH]1[CH][CH][CH][CH]1.[Fe+2].[Fe+2]. The molecule has 0 aliphatic heterocycles. The first-order chi connectivity index (χ1) is 19.3. The summed E-state index contributed by atoms with van der Waals surface area (Å²) in [5.74, 6) is 1.92. The van der Waals surface area contributed by atoms with Crippen molar-refractivity contribution in [3.05, 3.63) is 200 Å². The third-order valence-corrected chi connectivity index (χ3v) is 6.53. The minimum absolute atomic E-state index is 0. The summed E-state index contributed by atoms with van der Waals surface area (Å²) in [6.45, 7) is 0. The quantitative estimate of drug-likeness (QED) is 0.299. The van der Waals surface area contributed by atoms with Gasteiger partial charge in [0, 0.05) is 23.4 Å². The molecule has 4 aliphatic rings. The predicted molar refractivity (Wildman–Crippen MR) is 157 cm³/mol. The van der Waals surface area contributed by atoms with Gasteiger partial charge in [-0.15, -0.1) is 0 Å². The van der Waals surface area contributed by atoms with E-state index in [1.807, 2.05) is 120 Å². The molecule has 4 fully saturated rings. The molecule has 5 heteroatoms. The zero-order chi connectivity index (χ0) is 26.8. The van der Waals surface area contributed by atoms with Crippen molar-refractivity contribution in [3.8, 4) is 0 Å². The number of nitrogens with one attached hydrogen (secondary N) is 1. The summed E-state index contributed by atoms with van der Waals surface area (Å²) in [6.07, 6.45) is 38.3. The molecular formula is C36H29FFe2N2+4. The molecule has 202 valence electrons. The number of benzene rings is 2. The molecule has 0 spiro atoms. The van der Waals surface area contributed by atoms with Gasteiger partial charge in [0.25, 0.3) is 0 Å². The van der Waals surface area contributed by atoms with Crippen molar-refractivity contribution in [2.45, 2.75) is 5.54 Å². The van der Waals surface area contributed by atoms with Crippen molar-refractivity contribution in [2.75, 3.05) is 5.32 Å². The fraction of sp³-hybridized carbons (Fsp3) is 0.0278. The van der Waals surface area contributed by atoms with Gasteiger partial charge < -0.3 is 5.32 Å². The topological polar surface area (TPSA) is 24.9 Å². The van der Waals surface area contributed by atoms with E-state index in [4.69, 9.17) is 0 Å². The first-order valence-corrected chi connectivity index (χ1v) is 12.9. The van der Waals surface area contributed by atoms with Crippen LogP contribution in [-0.2, 0) is 39.7 Å². The van der Waals surface area contributed by atoms with E-state index in [1.165, 1.54) is 12.1 Å². The van der Waals surface area contributed by atoms with Crippen molar-refractivity contribution < 1.29 is 38.5 Å². The van der Waals surface area contributed by atoms with E-state index in [9.17, 15) is 4.39 Å². The molecule has 1 heterocycles. The van der Waals surface area contributed by atoms with Gasteiger partial charge in [0.15, 0.2) is 0 Å². The maximum absolute atomic E-state index is 13.8. The van der Waals surface area contributed by atoms with E-state index in [0.29, 0.717) is 0 Å². The molecular weight excluding hydrogens is 591 g/mol. The molecule has 0 amide bonds. The average molecular weight is 620 g/mol. The van der Waals surface area contributed by atoms with Crippen molar-refractivity contribution >= 4 is 16.6 Å². The molecule has 7 rings (SSSR count). The monoisotopic (exact) mass is 620 g/mol. The Kier molecular flexibility index (Phi) is 14.7. The van der Waals surface area contributed by atoms with Gasteiger partial charge in [-0.05, 0) is 145 Å². The number of anilines is 1. The minimum Gasteiger partial charge on any atom is -0.373 e. The van der Waals surface area contributed by atoms with Gasteiger partial charge >= 0.3 is 34.1 Å². The van der Waals surface area contributed by atoms with Crippen LogP contribution >= 0.6 is 0 Å². The Morgan fingerprint density at radius 3 is 1.49 bits per heavy atom. The summed E-state index contributed by atoms with van der Waals surface area (Å²) in [7, 11) is 0. The number of hydrogen-bond acceptors (Lipinski definition) is 2. The molecule has 0 atom stereocenters. The van der Waals surface area contributed by atoms with Crippen molar-refractivity contribution in [1.82, 2.24) is 4.98 Å². The van der Waals surface area contributed by atoms with E-state index in [2.05, 4.69) is 48.1 Å². The fourth-order valence-corrected chi connectivity index (χ4v) is 4.71. The maximum atomic E-state index is 13.8. The van der Waals surface area contributed by atoms with Crippen molar-refractivity contribution in [1.29, 1.82) is 0 Å². The zero-order valence-electron chi connectivity index (χ0n) is 22.2. The van der Waals surface area contributed by atoms with E-state index in [0.717, 1.165) is 34.0 Å². The second-order valence-electron chi connectivity index (χ2n) is 9.03. The Bertz CT molecular complexity index is 1090. The smallest absolute Gasteiger partial charge is 0.373 e. The number of pyridine rings is 1. The molecule has 20 radical (unpaired) electrons. The molecule has 4 aliphatic carbocycles. The van der Waals surface area contributed by atoms with Crippen LogP contribution < -0.4 is 5.32 Å². The summed E-state index contributed by atoms with van der Waals surface area (Å²) in [6, 6.07) is 16.8. The normalized spacial score (nSPS) is 19.0. The third-order valence-electron chi connectivity index (χ3n) is 6.53. The second-order valence-corrected chi connectivity index (χ2v) is 9.03. The Morgan fingerprint density at radius 2 is 1.00 bits per heavy atom. The molecule has 1 aromatic heterocycles. The summed E-state index contributed by atoms with van der Waals surface area (Å²) in [5.41, 5.74) is 2.12. The molecule has 0 bridgehead atoms. The number of nitrogens with zero attached hydrogens (tertiary/aromatic N) is 1. The van der Waals surface area contributed by atoms with Crippen LogP contribution in [0.4, 0.5) is 10.1 Å². The molecule has 3 aromatic rings. The van der Waals surface area contributed by atoms with Crippen molar-refractivity contribution in [2.24, 2.45) is 0 Å². The fourth-order valence-electron chi connectivity index (χ4n) is 4.71. The Balaban J connectivity index is 0.000000325. The van der Waals surface area contributed by atoms with Crippen LogP contribution in [0.5, 0.6) is 0 Å². The van der Waals surface area contributed by atoms with Crippen LogP contribution in [0.3, 0.4) is 0 Å². The van der Waals surface area contributed by atoms with Crippen LogP contribution in [0.2, 0.25) is 0 Å². The Hall–Kier alpha value is -1.38. The Labute approximate surface area is 269 Å². The van der Waals surface area contributed by atoms with Crippen molar-refractivity contribution in [3.63, 3.8) is 0 Å². The summed E-state index contributed by atoms with van der Waals surface area (Å²) < 4.78 is 13.8. The zero-order valence-corrected chi connectivity index (χ0v) is 24.4. The molecule has 41 heavy (non-hydrogen) atoms. The van der Waals surface area contributed by atoms with Gasteiger partial charge in [-0.2, -0.15) is 0 Å². The third kappa shape index (κ3) is 8.82. The first kappa shape index (κ1) is 34.1. The number of para-hydroxylation sites is 1. The maximum Gasteiger partial charge on any atom is 2.00 e. The van der Waals surface area contributed by atoms with Crippen LogP contribution in [0, 0.1) is 133 Å². The largest absolute Gasteiger partial charge is 2.00 e. The first-order valence-electron chi connectivity index (χ1n) is 12.9. The van der Waals surface area contributed by atoms with Gasteiger partial charge in [-0.1, -0.05) is 30.3 Å². The van der Waals surface area contributed by atoms with E-state index >= 15 is 0 Å². The van der Waals surface area contributed by atoms with Gasteiger partial charge in [0.2, 0.25) is 0 Å². The summed E-state index contributed by atoms with van der Waals surface area (Å²) >= 11 is 0.